The van der Waals surface area contributed by atoms with Crippen LogP contribution in [-0.2, 0) is 17.7 Å². The highest BCUT2D eigenvalue weighted by molar-refractivity contribution is 6.30. The van der Waals surface area contributed by atoms with E-state index in [-0.39, 0.29) is 17.3 Å². The molecule has 1 aromatic rings. The van der Waals surface area contributed by atoms with Crippen molar-refractivity contribution in [2.24, 2.45) is 0 Å². The van der Waals surface area contributed by atoms with Crippen molar-refractivity contribution in [3.05, 3.63) is 31.6 Å². The van der Waals surface area contributed by atoms with Crippen LogP contribution in [0.4, 0.5) is 13.2 Å². The minimum atomic E-state index is -4.44. The van der Waals surface area contributed by atoms with Crippen molar-refractivity contribution in [3.63, 3.8) is 0 Å². The summed E-state index contributed by atoms with van der Waals surface area (Å²) in [5, 5.41) is -0.0330. The first-order valence-electron chi connectivity index (χ1n) is 5.92. The van der Waals surface area contributed by atoms with Crippen LogP contribution in [0.25, 0.3) is 0 Å². The lowest BCUT2D eigenvalue weighted by Gasteiger charge is -2.10. The third-order valence-electron chi connectivity index (χ3n) is 2.46. The number of aromatic amines is 1. The Morgan fingerprint density at radius 1 is 1.35 bits per heavy atom. The first kappa shape index (κ1) is 16.8. The number of halogens is 4. The molecular formula is C11H14ClF3N2O3. The molecule has 0 bridgehead atoms. The van der Waals surface area contributed by atoms with Gasteiger partial charge in [-0.15, -0.1) is 0 Å². The number of ether oxygens (including phenoxy) is 1. The molecule has 0 spiro atoms. The molecule has 0 amide bonds. The molecule has 0 saturated heterocycles. The van der Waals surface area contributed by atoms with Crippen LogP contribution >= 0.6 is 11.6 Å². The van der Waals surface area contributed by atoms with E-state index >= 15 is 0 Å². The molecule has 0 aliphatic rings. The van der Waals surface area contributed by atoms with Crippen LogP contribution in [0.3, 0.4) is 0 Å². The molecule has 114 valence electrons. The predicted molar refractivity (Wildman–Crippen MR) is 67.2 cm³/mol. The van der Waals surface area contributed by atoms with E-state index < -0.39 is 30.6 Å². The molecule has 0 unspecified atom stereocenters. The second kappa shape index (κ2) is 6.94. The Bertz CT molecular complexity index is 566. The first-order valence-corrected chi connectivity index (χ1v) is 6.30. The predicted octanol–water partition coefficient (Wildman–Crippen LogP) is 1.72. The lowest BCUT2D eigenvalue weighted by molar-refractivity contribution is -0.174. The molecule has 0 fully saturated rings. The fourth-order valence-electron chi connectivity index (χ4n) is 1.60. The lowest BCUT2D eigenvalue weighted by atomic mass is 10.2. The van der Waals surface area contributed by atoms with Crippen LogP contribution < -0.4 is 11.2 Å². The van der Waals surface area contributed by atoms with Crippen molar-refractivity contribution in [1.82, 2.24) is 9.55 Å². The normalized spacial score (nSPS) is 11.8. The van der Waals surface area contributed by atoms with Crippen molar-refractivity contribution in [1.29, 1.82) is 0 Å². The van der Waals surface area contributed by atoms with Gasteiger partial charge < -0.3 is 4.74 Å². The second-order valence-corrected chi connectivity index (χ2v) is 4.48. The third kappa shape index (κ3) is 4.68. The van der Waals surface area contributed by atoms with Crippen LogP contribution in [0.5, 0.6) is 0 Å². The van der Waals surface area contributed by atoms with E-state index in [2.05, 4.69) is 9.72 Å². The quantitative estimate of drug-likeness (QED) is 0.642. The van der Waals surface area contributed by atoms with Gasteiger partial charge in [-0.2, -0.15) is 13.2 Å². The number of nitrogens with zero attached hydrogens (tertiary/aromatic N) is 1. The monoisotopic (exact) mass is 314 g/mol. The minimum absolute atomic E-state index is 0.0330. The summed E-state index contributed by atoms with van der Waals surface area (Å²) in [5.74, 6) is 0. The van der Waals surface area contributed by atoms with Crippen molar-refractivity contribution in [2.45, 2.75) is 32.5 Å². The number of aromatic nitrogens is 2. The average Bonchev–Trinajstić information content (AvgIpc) is 2.32. The number of nitrogens with one attached hydrogen (secondary N) is 1. The lowest BCUT2D eigenvalue weighted by Crippen LogP contribution is -2.38. The number of hydrogen-bond acceptors (Lipinski definition) is 3. The Morgan fingerprint density at radius 2 is 2.00 bits per heavy atom. The topological polar surface area (TPSA) is 64.1 Å². The maximum absolute atomic E-state index is 12.0. The van der Waals surface area contributed by atoms with Gasteiger partial charge in [0.05, 0.1) is 18.7 Å². The highest BCUT2D eigenvalue weighted by Gasteiger charge is 2.27. The number of rotatable bonds is 6. The molecule has 9 heteroatoms. The summed E-state index contributed by atoms with van der Waals surface area (Å²) in [6.45, 7) is -0.249. The van der Waals surface area contributed by atoms with Crippen molar-refractivity contribution < 1.29 is 17.9 Å². The van der Waals surface area contributed by atoms with Gasteiger partial charge >= 0.3 is 11.9 Å². The molecule has 1 aromatic heterocycles. The molecule has 20 heavy (non-hydrogen) atoms. The van der Waals surface area contributed by atoms with Crippen LogP contribution in [0.15, 0.2) is 9.59 Å². The molecule has 0 aliphatic heterocycles. The summed E-state index contributed by atoms with van der Waals surface area (Å²) >= 11 is 5.76. The van der Waals surface area contributed by atoms with Crippen LogP contribution in [0.2, 0.25) is 5.15 Å². The Balaban J connectivity index is 2.83. The molecule has 0 aliphatic carbocycles. The van der Waals surface area contributed by atoms with Gasteiger partial charge in [0.2, 0.25) is 0 Å². The molecule has 1 heterocycles. The van der Waals surface area contributed by atoms with Crippen LogP contribution in [0, 0.1) is 0 Å². The van der Waals surface area contributed by atoms with Crippen LogP contribution in [0.1, 0.15) is 18.9 Å². The number of hydrogen-bond donors (Lipinski definition) is 1. The van der Waals surface area contributed by atoms with E-state index in [0.29, 0.717) is 12.8 Å². The van der Waals surface area contributed by atoms with E-state index in [1.807, 2.05) is 6.92 Å². The molecule has 0 radical (unpaired) electrons. The molecular weight excluding hydrogens is 301 g/mol. The fraction of sp³-hybridized carbons (Fsp3) is 0.636. The molecule has 1 N–H and O–H groups in total. The van der Waals surface area contributed by atoms with E-state index in [1.54, 1.807) is 0 Å². The molecule has 5 nitrogen and oxygen atoms in total. The zero-order valence-corrected chi connectivity index (χ0v) is 11.5. The van der Waals surface area contributed by atoms with Crippen molar-refractivity contribution in [3.8, 4) is 0 Å². The maximum atomic E-state index is 12.0. The van der Waals surface area contributed by atoms with Gasteiger partial charge in [-0.3, -0.25) is 14.3 Å². The van der Waals surface area contributed by atoms with Crippen molar-refractivity contribution >= 4 is 11.6 Å². The average molecular weight is 315 g/mol. The van der Waals surface area contributed by atoms with E-state index in [0.717, 1.165) is 4.57 Å². The van der Waals surface area contributed by atoms with Gasteiger partial charge in [0.1, 0.15) is 11.8 Å². The summed E-state index contributed by atoms with van der Waals surface area (Å²) in [6, 6.07) is 0. The molecule has 0 atom stereocenters. The minimum Gasteiger partial charge on any atom is -0.370 e. The van der Waals surface area contributed by atoms with Gasteiger partial charge in [-0.1, -0.05) is 24.9 Å². The number of alkyl halides is 3. The van der Waals surface area contributed by atoms with E-state index in [4.69, 9.17) is 11.6 Å². The smallest absolute Gasteiger partial charge is 0.370 e. The largest absolute Gasteiger partial charge is 0.411 e. The van der Waals surface area contributed by atoms with E-state index in [1.165, 1.54) is 0 Å². The Labute approximate surface area is 117 Å². The summed E-state index contributed by atoms with van der Waals surface area (Å²) < 4.78 is 40.8. The zero-order chi connectivity index (χ0) is 15.3. The summed E-state index contributed by atoms with van der Waals surface area (Å²) in [5.41, 5.74) is -1.13. The summed E-state index contributed by atoms with van der Waals surface area (Å²) in [7, 11) is 0. The van der Waals surface area contributed by atoms with E-state index in [9.17, 15) is 22.8 Å². The highest BCUT2D eigenvalue weighted by atomic mass is 35.5. The first-order chi connectivity index (χ1) is 9.26. The van der Waals surface area contributed by atoms with Gasteiger partial charge in [-0.25, -0.2) is 4.79 Å². The Hall–Kier alpha value is -1.28. The Kier molecular flexibility index (Phi) is 5.82. The fourth-order valence-corrected chi connectivity index (χ4v) is 1.86. The van der Waals surface area contributed by atoms with Crippen LogP contribution in [-0.4, -0.2) is 28.9 Å². The molecule has 0 aromatic carbocycles. The molecule has 0 saturated carbocycles. The standard InChI is InChI=1S/C11H14ClF3N2O3/c1-2-3-7-8(12)16-10(19)17(9(7)18)4-5-20-6-11(13,14)15/h2-6H2,1H3,(H,16,19). The number of H-pyrrole nitrogens is 1. The van der Waals surface area contributed by atoms with Gasteiger partial charge in [0, 0.05) is 0 Å². The summed E-state index contributed by atoms with van der Waals surface area (Å²) in [4.78, 5) is 25.8. The second-order valence-electron chi connectivity index (χ2n) is 4.10. The third-order valence-corrected chi connectivity index (χ3v) is 2.78. The highest BCUT2D eigenvalue weighted by Crippen LogP contribution is 2.14. The molecule has 1 rings (SSSR count). The van der Waals surface area contributed by atoms with Gasteiger partial charge in [-0.05, 0) is 6.42 Å². The van der Waals surface area contributed by atoms with Crippen molar-refractivity contribution in [2.75, 3.05) is 13.2 Å². The van der Waals surface area contributed by atoms with Gasteiger partial charge in [0.25, 0.3) is 5.56 Å². The van der Waals surface area contributed by atoms with Gasteiger partial charge in [0.15, 0.2) is 0 Å². The Morgan fingerprint density at radius 3 is 2.55 bits per heavy atom. The SMILES string of the molecule is CCCc1c(Cl)[nH]c(=O)n(CCOCC(F)(F)F)c1=O. The maximum Gasteiger partial charge on any atom is 0.411 e. The summed E-state index contributed by atoms with van der Waals surface area (Å²) in [6.07, 6.45) is -3.42. The zero-order valence-electron chi connectivity index (χ0n) is 10.7.